The minimum atomic E-state index is -0.0505. The van der Waals surface area contributed by atoms with E-state index in [4.69, 9.17) is 4.42 Å². The minimum Gasteiger partial charge on any atom is -0.459 e. The number of nitrogens with one attached hydrogen (secondary N) is 1. The molecule has 25 heavy (non-hydrogen) atoms. The average molecular weight is 343 g/mol. The zero-order valence-electron chi connectivity index (χ0n) is 14.9. The Bertz CT molecular complexity index is 693. The first-order valence-electron chi connectivity index (χ1n) is 8.84. The lowest BCUT2D eigenvalue weighted by molar-refractivity contribution is 0.0714. The van der Waals surface area contributed by atoms with Crippen LogP contribution in [-0.2, 0) is 0 Å². The number of furan rings is 1. The summed E-state index contributed by atoms with van der Waals surface area (Å²) in [6.45, 7) is 7.79. The zero-order valence-corrected chi connectivity index (χ0v) is 14.9. The highest BCUT2D eigenvalue weighted by molar-refractivity contribution is 5.91. The summed E-state index contributed by atoms with van der Waals surface area (Å²) < 4.78 is 5.20. The molecule has 0 saturated carbocycles. The first-order valence-corrected chi connectivity index (χ1v) is 8.84. The van der Waals surface area contributed by atoms with E-state index in [9.17, 15) is 4.79 Å². The molecule has 0 aliphatic carbocycles. The molecule has 1 N–H and O–H groups in total. The van der Waals surface area contributed by atoms with Gasteiger partial charge in [-0.1, -0.05) is 13.3 Å². The Labute approximate surface area is 148 Å². The number of carbonyl (C=O) groups is 1. The van der Waals surface area contributed by atoms with Crippen molar-refractivity contribution in [2.24, 2.45) is 0 Å². The molecule has 0 bridgehead atoms. The van der Waals surface area contributed by atoms with Crippen LogP contribution >= 0.6 is 0 Å². The highest BCUT2D eigenvalue weighted by Crippen LogP contribution is 2.19. The minimum absolute atomic E-state index is 0.0505. The van der Waals surface area contributed by atoms with Crippen molar-refractivity contribution in [1.82, 2.24) is 14.9 Å². The molecule has 7 heteroatoms. The summed E-state index contributed by atoms with van der Waals surface area (Å²) in [7, 11) is 0. The molecule has 1 aliphatic heterocycles. The third-order valence-electron chi connectivity index (χ3n) is 4.28. The van der Waals surface area contributed by atoms with Crippen molar-refractivity contribution >= 4 is 17.5 Å². The van der Waals surface area contributed by atoms with Crippen molar-refractivity contribution in [3.8, 4) is 0 Å². The number of amides is 1. The number of piperazine rings is 1. The van der Waals surface area contributed by atoms with Gasteiger partial charge in [-0.25, -0.2) is 9.97 Å². The molecule has 0 radical (unpaired) electrons. The summed E-state index contributed by atoms with van der Waals surface area (Å²) in [5.41, 5.74) is 0. The van der Waals surface area contributed by atoms with Crippen LogP contribution in [0.1, 0.15) is 36.1 Å². The number of anilines is 2. The molecule has 0 aromatic carbocycles. The van der Waals surface area contributed by atoms with E-state index in [1.807, 2.05) is 17.9 Å². The van der Waals surface area contributed by atoms with Crippen LogP contribution in [0.2, 0.25) is 0 Å². The second kappa shape index (κ2) is 8.00. The van der Waals surface area contributed by atoms with E-state index in [1.165, 1.54) is 6.26 Å². The van der Waals surface area contributed by atoms with Gasteiger partial charge in [-0.15, -0.1) is 0 Å². The predicted molar refractivity (Wildman–Crippen MR) is 97.0 cm³/mol. The maximum atomic E-state index is 12.3. The fourth-order valence-corrected chi connectivity index (χ4v) is 2.89. The molecule has 2 aromatic heterocycles. The summed E-state index contributed by atoms with van der Waals surface area (Å²) >= 11 is 0. The Morgan fingerprint density at radius 3 is 2.76 bits per heavy atom. The average Bonchev–Trinajstić information content (AvgIpc) is 3.16. The Morgan fingerprint density at radius 1 is 1.28 bits per heavy atom. The molecule has 1 aliphatic rings. The van der Waals surface area contributed by atoms with Gasteiger partial charge in [0.1, 0.15) is 17.5 Å². The van der Waals surface area contributed by atoms with Crippen LogP contribution in [0.15, 0.2) is 28.9 Å². The number of hydrogen-bond acceptors (Lipinski definition) is 6. The molecular weight excluding hydrogens is 318 g/mol. The van der Waals surface area contributed by atoms with Crippen molar-refractivity contribution in [3.63, 3.8) is 0 Å². The van der Waals surface area contributed by atoms with Gasteiger partial charge in [-0.3, -0.25) is 4.79 Å². The maximum Gasteiger partial charge on any atom is 0.289 e. The van der Waals surface area contributed by atoms with Crippen molar-refractivity contribution in [2.75, 3.05) is 42.9 Å². The van der Waals surface area contributed by atoms with Gasteiger partial charge in [-0.2, -0.15) is 0 Å². The summed E-state index contributed by atoms with van der Waals surface area (Å²) in [5, 5.41) is 3.36. The number of rotatable bonds is 6. The first kappa shape index (κ1) is 17.3. The zero-order chi connectivity index (χ0) is 17.6. The van der Waals surface area contributed by atoms with E-state index in [0.29, 0.717) is 18.8 Å². The molecular formula is C18H25N5O2. The number of hydrogen-bond donors (Lipinski definition) is 1. The lowest BCUT2D eigenvalue weighted by Gasteiger charge is -2.35. The molecule has 3 rings (SSSR count). The quantitative estimate of drug-likeness (QED) is 0.813. The maximum absolute atomic E-state index is 12.3. The number of nitrogens with zero attached hydrogens (tertiary/aromatic N) is 4. The third kappa shape index (κ3) is 4.29. The van der Waals surface area contributed by atoms with Gasteiger partial charge in [0.05, 0.1) is 6.26 Å². The van der Waals surface area contributed by atoms with Crippen molar-refractivity contribution in [2.45, 2.75) is 26.7 Å². The van der Waals surface area contributed by atoms with Crippen LogP contribution in [0.3, 0.4) is 0 Å². The molecule has 0 unspecified atom stereocenters. The monoisotopic (exact) mass is 343 g/mol. The van der Waals surface area contributed by atoms with E-state index in [1.54, 1.807) is 12.1 Å². The Morgan fingerprint density at radius 2 is 2.08 bits per heavy atom. The SMILES string of the molecule is CCCCNc1cc(N2CCN(C(=O)c3ccco3)CC2)nc(C)n1. The van der Waals surface area contributed by atoms with Crippen LogP contribution in [0.25, 0.3) is 0 Å². The summed E-state index contributed by atoms with van der Waals surface area (Å²) in [4.78, 5) is 25.4. The van der Waals surface area contributed by atoms with Gasteiger partial charge in [0.2, 0.25) is 0 Å². The second-order valence-electron chi connectivity index (χ2n) is 6.20. The van der Waals surface area contributed by atoms with Crippen LogP contribution < -0.4 is 10.2 Å². The smallest absolute Gasteiger partial charge is 0.289 e. The van der Waals surface area contributed by atoms with Gasteiger partial charge in [0, 0.05) is 38.8 Å². The highest BCUT2D eigenvalue weighted by Gasteiger charge is 2.24. The molecule has 1 amide bonds. The van der Waals surface area contributed by atoms with Gasteiger partial charge < -0.3 is 19.5 Å². The standard InChI is InChI=1S/C18H25N5O2/c1-3-4-7-19-16-13-17(21-14(2)20-16)22-8-10-23(11-9-22)18(24)15-6-5-12-25-15/h5-6,12-13H,3-4,7-11H2,1-2H3,(H,19,20,21). The number of aryl methyl sites for hydroxylation is 1. The number of carbonyl (C=O) groups excluding carboxylic acids is 1. The van der Waals surface area contributed by atoms with Crippen molar-refractivity contribution < 1.29 is 9.21 Å². The number of aromatic nitrogens is 2. The lowest BCUT2D eigenvalue weighted by Crippen LogP contribution is -2.49. The summed E-state index contributed by atoms with van der Waals surface area (Å²) in [6, 6.07) is 5.43. The first-order chi connectivity index (χ1) is 12.2. The van der Waals surface area contributed by atoms with Crippen LogP contribution in [0.5, 0.6) is 0 Å². The Kier molecular flexibility index (Phi) is 5.53. The largest absolute Gasteiger partial charge is 0.459 e. The van der Waals surface area contributed by atoms with Gasteiger partial charge in [-0.05, 0) is 25.5 Å². The van der Waals surface area contributed by atoms with E-state index >= 15 is 0 Å². The fourth-order valence-electron chi connectivity index (χ4n) is 2.89. The topological polar surface area (TPSA) is 74.5 Å². The van der Waals surface area contributed by atoms with E-state index in [2.05, 4.69) is 27.1 Å². The van der Waals surface area contributed by atoms with Crippen molar-refractivity contribution in [1.29, 1.82) is 0 Å². The molecule has 0 atom stereocenters. The fraction of sp³-hybridized carbons (Fsp3) is 0.500. The van der Waals surface area contributed by atoms with E-state index in [0.717, 1.165) is 49.9 Å². The summed E-state index contributed by atoms with van der Waals surface area (Å²) in [6.07, 6.45) is 3.79. The van der Waals surface area contributed by atoms with E-state index in [-0.39, 0.29) is 5.91 Å². The molecule has 2 aromatic rings. The van der Waals surface area contributed by atoms with Crippen molar-refractivity contribution in [3.05, 3.63) is 36.0 Å². The van der Waals surface area contributed by atoms with Crippen LogP contribution in [0, 0.1) is 6.92 Å². The molecule has 1 fully saturated rings. The Hall–Kier alpha value is -2.57. The molecule has 7 nitrogen and oxygen atoms in total. The molecule has 134 valence electrons. The lowest BCUT2D eigenvalue weighted by atomic mass is 10.2. The molecule has 0 spiro atoms. The van der Waals surface area contributed by atoms with Gasteiger partial charge in [0.15, 0.2) is 5.76 Å². The van der Waals surface area contributed by atoms with E-state index < -0.39 is 0 Å². The van der Waals surface area contributed by atoms with Crippen LogP contribution in [0.4, 0.5) is 11.6 Å². The Balaban J connectivity index is 1.61. The normalized spacial score (nSPS) is 14.6. The third-order valence-corrected chi connectivity index (χ3v) is 4.28. The van der Waals surface area contributed by atoms with Crippen LogP contribution in [-0.4, -0.2) is 53.5 Å². The highest BCUT2D eigenvalue weighted by atomic mass is 16.3. The molecule has 3 heterocycles. The van der Waals surface area contributed by atoms with Gasteiger partial charge >= 0.3 is 0 Å². The molecule has 1 saturated heterocycles. The van der Waals surface area contributed by atoms with Gasteiger partial charge in [0.25, 0.3) is 5.91 Å². The summed E-state index contributed by atoms with van der Waals surface area (Å²) in [5.74, 6) is 2.88. The predicted octanol–water partition coefficient (Wildman–Crippen LogP) is 2.55. The number of unbranched alkanes of at least 4 members (excludes halogenated alkanes) is 1. The second-order valence-corrected chi connectivity index (χ2v) is 6.20.